The Kier molecular flexibility index (Phi) is 3.38. The van der Waals surface area contributed by atoms with Gasteiger partial charge in [0.25, 0.3) is 0 Å². The lowest BCUT2D eigenvalue weighted by atomic mass is 10.1. The van der Waals surface area contributed by atoms with E-state index in [0.29, 0.717) is 5.92 Å². The first-order valence-electron chi connectivity index (χ1n) is 8.99. The molecule has 1 saturated carbocycles. The summed E-state index contributed by atoms with van der Waals surface area (Å²) >= 11 is 0. The van der Waals surface area contributed by atoms with Crippen LogP contribution in [0.15, 0.2) is 48.9 Å². The Morgan fingerprint density at radius 3 is 2.85 bits per heavy atom. The molecule has 0 aliphatic heterocycles. The van der Waals surface area contributed by atoms with Gasteiger partial charge in [-0.2, -0.15) is 0 Å². The van der Waals surface area contributed by atoms with Crippen LogP contribution in [0.25, 0.3) is 16.9 Å². The second kappa shape index (κ2) is 5.76. The van der Waals surface area contributed by atoms with Gasteiger partial charge in [-0.1, -0.05) is 11.3 Å². The minimum Gasteiger partial charge on any atom is -0.303 e. The van der Waals surface area contributed by atoms with E-state index in [2.05, 4.69) is 38.8 Å². The molecule has 0 spiro atoms. The maximum absolute atomic E-state index is 4.71. The van der Waals surface area contributed by atoms with Crippen LogP contribution < -0.4 is 0 Å². The van der Waals surface area contributed by atoms with Gasteiger partial charge in [0.2, 0.25) is 0 Å². The molecule has 0 unspecified atom stereocenters. The average molecular weight is 344 g/mol. The quantitative estimate of drug-likeness (QED) is 0.567. The summed E-state index contributed by atoms with van der Waals surface area (Å²) in [5.41, 5.74) is 5.02. The smallest absolute Gasteiger partial charge is 0.133 e. The van der Waals surface area contributed by atoms with Crippen LogP contribution in [0.2, 0.25) is 0 Å². The molecule has 130 valence electrons. The van der Waals surface area contributed by atoms with Crippen LogP contribution in [0.1, 0.15) is 36.0 Å². The summed E-state index contributed by atoms with van der Waals surface area (Å²) in [7, 11) is 0. The Hall–Kier alpha value is -3.02. The van der Waals surface area contributed by atoms with Gasteiger partial charge in [0, 0.05) is 12.4 Å². The zero-order valence-corrected chi connectivity index (χ0v) is 14.9. The second-order valence-electron chi connectivity index (χ2n) is 7.09. The van der Waals surface area contributed by atoms with E-state index in [1.807, 2.05) is 48.4 Å². The molecule has 4 aromatic rings. The third-order valence-electron chi connectivity index (χ3n) is 5.07. The number of hydrogen-bond donors (Lipinski definition) is 0. The van der Waals surface area contributed by atoms with Crippen molar-refractivity contribution in [3.05, 3.63) is 66.0 Å². The molecule has 0 aromatic carbocycles. The van der Waals surface area contributed by atoms with Crippen LogP contribution >= 0.6 is 0 Å². The van der Waals surface area contributed by atoms with Gasteiger partial charge in [-0.25, -0.2) is 9.67 Å². The Morgan fingerprint density at radius 2 is 2.04 bits per heavy atom. The van der Waals surface area contributed by atoms with Crippen molar-refractivity contribution in [1.82, 2.24) is 29.4 Å². The predicted molar refractivity (Wildman–Crippen MR) is 98.8 cm³/mol. The molecule has 6 heteroatoms. The van der Waals surface area contributed by atoms with E-state index in [0.717, 1.165) is 28.4 Å². The average Bonchev–Trinajstić information content (AvgIpc) is 3.26. The molecule has 6 nitrogen and oxygen atoms in total. The summed E-state index contributed by atoms with van der Waals surface area (Å²) in [5.74, 6) is 1.53. The number of rotatable bonds is 4. The van der Waals surface area contributed by atoms with Gasteiger partial charge in [-0.15, -0.1) is 5.10 Å². The number of hydrogen-bond acceptors (Lipinski definition) is 4. The highest BCUT2D eigenvalue weighted by molar-refractivity contribution is 5.74. The van der Waals surface area contributed by atoms with Gasteiger partial charge in [-0.05, 0) is 62.4 Å². The number of fused-ring (bicyclic) bond motifs is 1. The molecule has 4 heterocycles. The van der Waals surface area contributed by atoms with Crippen molar-refractivity contribution in [2.75, 3.05) is 0 Å². The summed E-state index contributed by atoms with van der Waals surface area (Å²) in [6.07, 6.45) is 8.34. The minimum atomic E-state index is 0.145. The van der Waals surface area contributed by atoms with E-state index in [-0.39, 0.29) is 6.04 Å². The standard InChI is InChI=1S/C20H20N6/c1-13-8-9-21-16(11-13)20(15-6-7-15)26-12-17(23-24-26)19-18-5-3-4-10-25(18)14(2)22-19/h3-5,8-12,15,20H,6-7H2,1-2H3/t20-/m0/s1. The highest BCUT2D eigenvalue weighted by Gasteiger charge is 2.35. The van der Waals surface area contributed by atoms with Crippen LogP contribution in [-0.2, 0) is 0 Å². The van der Waals surface area contributed by atoms with Gasteiger partial charge in [0.15, 0.2) is 0 Å². The summed E-state index contributed by atoms with van der Waals surface area (Å²) < 4.78 is 4.05. The van der Waals surface area contributed by atoms with Gasteiger partial charge in [0.1, 0.15) is 17.2 Å². The van der Waals surface area contributed by atoms with E-state index < -0.39 is 0 Å². The third kappa shape index (κ3) is 2.49. The number of nitrogens with zero attached hydrogens (tertiary/aromatic N) is 6. The van der Waals surface area contributed by atoms with Gasteiger partial charge in [-0.3, -0.25) is 4.98 Å². The first-order valence-corrected chi connectivity index (χ1v) is 8.99. The Bertz CT molecular complexity index is 1090. The van der Waals surface area contributed by atoms with Crippen LogP contribution in [0.3, 0.4) is 0 Å². The van der Waals surface area contributed by atoms with Crippen LogP contribution in [0.5, 0.6) is 0 Å². The summed E-state index contributed by atoms with van der Waals surface area (Å²) in [5, 5.41) is 8.89. The molecule has 1 atom stereocenters. The topological polar surface area (TPSA) is 60.9 Å². The predicted octanol–water partition coefficient (Wildman–Crippen LogP) is 3.60. The Labute approximate surface area is 151 Å². The first kappa shape index (κ1) is 15.3. The first-order chi connectivity index (χ1) is 12.7. The van der Waals surface area contributed by atoms with Crippen molar-refractivity contribution in [3.63, 3.8) is 0 Å². The molecular formula is C20H20N6. The highest BCUT2D eigenvalue weighted by Crippen LogP contribution is 2.43. The Balaban J connectivity index is 1.58. The monoisotopic (exact) mass is 344 g/mol. The van der Waals surface area contributed by atoms with Gasteiger partial charge in [0.05, 0.1) is 23.4 Å². The largest absolute Gasteiger partial charge is 0.303 e. The third-order valence-corrected chi connectivity index (χ3v) is 5.07. The van der Waals surface area contributed by atoms with Crippen molar-refractivity contribution >= 4 is 5.52 Å². The fourth-order valence-corrected chi connectivity index (χ4v) is 3.63. The van der Waals surface area contributed by atoms with Crippen molar-refractivity contribution in [1.29, 1.82) is 0 Å². The fourth-order valence-electron chi connectivity index (χ4n) is 3.63. The van der Waals surface area contributed by atoms with Crippen molar-refractivity contribution in [3.8, 4) is 11.4 Å². The summed E-state index contributed by atoms with van der Waals surface area (Å²) in [6, 6.07) is 10.4. The SMILES string of the molecule is Cc1ccnc([C@H](C2CC2)n2cc(-c3nc(C)n4ccccc34)nn2)c1. The molecule has 1 aliphatic carbocycles. The lowest BCUT2D eigenvalue weighted by Crippen LogP contribution is -2.15. The molecule has 0 radical (unpaired) electrons. The van der Waals surface area contributed by atoms with E-state index in [1.54, 1.807) is 0 Å². The number of aryl methyl sites for hydroxylation is 2. The summed E-state index contributed by atoms with van der Waals surface area (Å²) in [4.78, 5) is 9.32. The molecular weight excluding hydrogens is 324 g/mol. The van der Waals surface area contributed by atoms with Crippen molar-refractivity contribution in [2.45, 2.75) is 32.7 Å². The Morgan fingerprint density at radius 1 is 1.15 bits per heavy atom. The number of aromatic nitrogens is 6. The van der Waals surface area contributed by atoms with E-state index in [9.17, 15) is 0 Å². The highest BCUT2D eigenvalue weighted by atomic mass is 15.4. The van der Waals surface area contributed by atoms with Crippen LogP contribution in [0, 0.1) is 19.8 Å². The lowest BCUT2D eigenvalue weighted by molar-refractivity contribution is 0.448. The zero-order valence-electron chi connectivity index (χ0n) is 14.9. The molecule has 0 N–H and O–H groups in total. The molecule has 0 amide bonds. The minimum absolute atomic E-state index is 0.145. The fraction of sp³-hybridized carbons (Fsp3) is 0.300. The van der Waals surface area contributed by atoms with Crippen LogP contribution in [0.4, 0.5) is 0 Å². The van der Waals surface area contributed by atoms with Crippen molar-refractivity contribution < 1.29 is 0 Å². The number of pyridine rings is 2. The second-order valence-corrected chi connectivity index (χ2v) is 7.09. The molecule has 1 aliphatic rings. The number of imidazole rings is 1. The van der Waals surface area contributed by atoms with Crippen molar-refractivity contribution in [2.24, 2.45) is 5.92 Å². The van der Waals surface area contributed by atoms with Crippen LogP contribution in [-0.4, -0.2) is 29.4 Å². The normalized spacial score (nSPS) is 15.5. The maximum atomic E-state index is 4.71. The molecule has 5 rings (SSSR count). The molecule has 4 aromatic heterocycles. The van der Waals surface area contributed by atoms with E-state index >= 15 is 0 Å². The van der Waals surface area contributed by atoms with E-state index in [1.165, 1.54) is 18.4 Å². The zero-order chi connectivity index (χ0) is 17.7. The molecule has 26 heavy (non-hydrogen) atoms. The van der Waals surface area contributed by atoms with E-state index in [4.69, 9.17) is 4.98 Å². The van der Waals surface area contributed by atoms with Gasteiger partial charge < -0.3 is 4.40 Å². The molecule has 0 saturated heterocycles. The lowest BCUT2D eigenvalue weighted by Gasteiger charge is -2.15. The van der Waals surface area contributed by atoms with Gasteiger partial charge >= 0.3 is 0 Å². The summed E-state index contributed by atoms with van der Waals surface area (Å²) in [6.45, 7) is 4.10. The maximum Gasteiger partial charge on any atom is 0.133 e. The molecule has 1 fully saturated rings. The molecule has 0 bridgehead atoms.